The maximum atomic E-state index is 10.7. The van der Waals surface area contributed by atoms with Crippen molar-refractivity contribution in [2.45, 2.75) is 19.8 Å². The molecule has 0 amide bonds. The lowest BCUT2D eigenvalue weighted by Crippen LogP contribution is -2.02. The molecule has 104 valence electrons. The van der Waals surface area contributed by atoms with Crippen molar-refractivity contribution in [3.8, 4) is 0 Å². The van der Waals surface area contributed by atoms with Crippen LogP contribution in [0.4, 0.5) is 0 Å². The molecule has 20 heavy (non-hydrogen) atoms. The minimum absolute atomic E-state index is 0.127. The summed E-state index contributed by atoms with van der Waals surface area (Å²) in [5, 5.41) is 8.80. The van der Waals surface area contributed by atoms with Crippen molar-refractivity contribution in [2.24, 2.45) is 7.05 Å². The molecule has 3 rings (SSSR count). The van der Waals surface area contributed by atoms with E-state index in [0.717, 1.165) is 32.5 Å². The van der Waals surface area contributed by atoms with Crippen LogP contribution < -0.4 is 0 Å². The molecule has 0 saturated heterocycles. The predicted molar refractivity (Wildman–Crippen MR) is 80.1 cm³/mol. The second kappa shape index (κ2) is 4.63. The number of aliphatic carboxylic acids is 1. The average molecular weight is 336 g/mol. The molecule has 0 aliphatic rings. The van der Waals surface area contributed by atoms with Gasteiger partial charge in [0.05, 0.1) is 11.9 Å². The zero-order chi connectivity index (χ0) is 14.4. The van der Waals surface area contributed by atoms with E-state index in [9.17, 15) is 4.79 Å². The SMILES string of the molecule is Cc1cc(Br)c2nc3n(C)c(CCC(=O)O)cn3c2c1. The molecule has 3 aromatic rings. The molecule has 0 saturated carbocycles. The summed E-state index contributed by atoms with van der Waals surface area (Å²) in [5.41, 5.74) is 4.08. The van der Waals surface area contributed by atoms with Gasteiger partial charge in [-0.2, -0.15) is 0 Å². The predicted octanol–water partition coefficient (Wildman–Crippen LogP) is 2.91. The van der Waals surface area contributed by atoms with Gasteiger partial charge in [0.2, 0.25) is 5.78 Å². The largest absolute Gasteiger partial charge is 0.481 e. The van der Waals surface area contributed by atoms with E-state index in [1.807, 2.05) is 35.2 Å². The van der Waals surface area contributed by atoms with Crippen molar-refractivity contribution in [2.75, 3.05) is 0 Å². The fourth-order valence-corrected chi connectivity index (χ4v) is 3.12. The molecule has 1 N–H and O–H groups in total. The Bertz CT molecular complexity index is 832. The number of hydrogen-bond acceptors (Lipinski definition) is 2. The van der Waals surface area contributed by atoms with Gasteiger partial charge in [0.25, 0.3) is 0 Å². The summed E-state index contributed by atoms with van der Waals surface area (Å²) in [5.74, 6) is 0.0407. The van der Waals surface area contributed by atoms with Crippen LogP contribution in [0.5, 0.6) is 0 Å². The van der Waals surface area contributed by atoms with Gasteiger partial charge >= 0.3 is 5.97 Å². The average Bonchev–Trinajstić information content (AvgIpc) is 2.86. The number of rotatable bonds is 3. The number of imidazole rings is 2. The van der Waals surface area contributed by atoms with Gasteiger partial charge in [0.1, 0.15) is 5.52 Å². The van der Waals surface area contributed by atoms with Crippen LogP contribution in [-0.2, 0) is 18.3 Å². The molecule has 5 nitrogen and oxygen atoms in total. The van der Waals surface area contributed by atoms with Crippen LogP contribution in [0.3, 0.4) is 0 Å². The van der Waals surface area contributed by atoms with Crippen molar-refractivity contribution in [3.05, 3.63) is 34.1 Å². The number of carboxylic acid groups (broad SMARTS) is 1. The molecule has 2 heterocycles. The number of hydrogen-bond donors (Lipinski definition) is 1. The highest BCUT2D eigenvalue weighted by atomic mass is 79.9. The first-order chi connectivity index (χ1) is 9.47. The number of halogens is 1. The molecule has 2 aromatic heterocycles. The van der Waals surface area contributed by atoms with Gasteiger partial charge < -0.3 is 9.67 Å². The Balaban J connectivity index is 2.20. The minimum atomic E-state index is -0.785. The Morgan fingerprint density at radius 2 is 2.20 bits per heavy atom. The van der Waals surface area contributed by atoms with E-state index in [1.165, 1.54) is 0 Å². The highest BCUT2D eigenvalue weighted by Crippen LogP contribution is 2.27. The number of nitrogens with zero attached hydrogens (tertiary/aromatic N) is 3. The second-order valence-corrected chi connectivity index (χ2v) is 5.82. The quantitative estimate of drug-likeness (QED) is 0.800. The molecule has 0 aliphatic heterocycles. The van der Waals surface area contributed by atoms with E-state index in [-0.39, 0.29) is 6.42 Å². The molecule has 0 unspecified atom stereocenters. The zero-order valence-corrected chi connectivity index (χ0v) is 12.8. The first-order valence-corrected chi connectivity index (χ1v) is 7.11. The van der Waals surface area contributed by atoms with E-state index < -0.39 is 5.97 Å². The van der Waals surface area contributed by atoms with Gasteiger partial charge in [-0.05, 0) is 47.0 Å². The summed E-state index contributed by atoms with van der Waals surface area (Å²) in [6.45, 7) is 2.04. The highest BCUT2D eigenvalue weighted by molar-refractivity contribution is 9.10. The van der Waals surface area contributed by atoms with E-state index >= 15 is 0 Å². The summed E-state index contributed by atoms with van der Waals surface area (Å²) < 4.78 is 4.94. The van der Waals surface area contributed by atoms with E-state index in [1.54, 1.807) is 0 Å². The molecule has 6 heteroatoms. The molecular formula is C14H14BrN3O2. The van der Waals surface area contributed by atoms with Gasteiger partial charge in [-0.3, -0.25) is 9.20 Å². The number of aromatic nitrogens is 3. The van der Waals surface area contributed by atoms with Crippen LogP contribution >= 0.6 is 15.9 Å². The Kier molecular flexibility index (Phi) is 3.05. The summed E-state index contributed by atoms with van der Waals surface area (Å²) in [4.78, 5) is 15.3. The van der Waals surface area contributed by atoms with Crippen LogP contribution in [0, 0.1) is 6.92 Å². The number of benzene rings is 1. The molecule has 0 atom stereocenters. The van der Waals surface area contributed by atoms with Crippen molar-refractivity contribution in [1.82, 2.24) is 14.0 Å². The van der Waals surface area contributed by atoms with Crippen LogP contribution in [0.2, 0.25) is 0 Å². The fourth-order valence-electron chi connectivity index (χ4n) is 2.47. The van der Waals surface area contributed by atoms with Crippen LogP contribution in [-0.4, -0.2) is 25.0 Å². The third-order valence-corrected chi connectivity index (χ3v) is 4.08. The Morgan fingerprint density at radius 1 is 1.45 bits per heavy atom. The van der Waals surface area contributed by atoms with Crippen LogP contribution in [0.1, 0.15) is 17.7 Å². The first-order valence-electron chi connectivity index (χ1n) is 6.31. The fraction of sp³-hybridized carbons (Fsp3) is 0.286. The first kappa shape index (κ1) is 13.2. The number of carboxylic acids is 1. The smallest absolute Gasteiger partial charge is 0.303 e. The topological polar surface area (TPSA) is 59.5 Å². The zero-order valence-electron chi connectivity index (χ0n) is 11.2. The molecule has 0 spiro atoms. The normalized spacial score (nSPS) is 11.6. The molecule has 0 bridgehead atoms. The van der Waals surface area contributed by atoms with Crippen molar-refractivity contribution >= 4 is 38.7 Å². The van der Waals surface area contributed by atoms with Crippen molar-refractivity contribution in [1.29, 1.82) is 0 Å². The van der Waals surface area contributed by atoms with Gasteiger partial charge in [-0.15, -0.1) is 0 Å². The molecule has 1 aromatic carbocycles. The highest BCUT2D eigenvalue weighted by Gasteiger charge is 2.14. The third kappa shape index (κ3) is 2.00. The van der Waals surface area contributed by atoms with Crippen molar-refractivity contribution < 1.29 is 9.90 Å². The Morgan fingerprint density at radius 3 is 2.90 bits per heavy atom. The molecule has 0 aliphatic carbocycles. The Hall–Kier alpha value is -1.82. The van der Waals surface area contributed by atoms with E-state index in [0.29, 0.717) is 6.42 Å². The lowest BCUT2D eigenvalue weighted by Gasteiger charge is -2.00. The summed E-state index contributed by atoms with van der Waals surface area (Å²) in [6, 6.07) is 4.13. The van der Waals surface area contributed by atoms with Gasteiger partial charge in [0.15, 0.2) is 0 Å². The maximum Gasteiger partial charge on any atom is 0.303 e. The van der Waals surface area contributed by atoms with Gasteiger partial charge in [-0.25, -0.2) is 4.98 Å². The molecular weight excluding hydrogens is 322 g/mol. The third-order valence-electron chi connectivity index (χ3n) is 3.48. The lowest BCUT2D eigenvalue weighted by atomic mass is 10.2. The summed E-state index contributed by atoms with van der Waals surface area (Å²) >= 11 is 3.54. The summed E-state index contributed by atoms with van der Waals surface area (Å²) in [6.07, 6.45) is 2.60. The Labute approximate surface area is 124 Å². The van der Waals surface area contributed by atoms with Gasteiger partial charge in [0, 0.05) is 23.4 Å². The monoisotopic (exact) mass is 335 g/mol. The van der Waals surface area contributed by atoms with Crippen LogP contribution in [0.25, 0.3) is 16.8 Å². The maximum absolute atomic E-state index is 10.7. The number of aryl methyl sites for hydroxylation is 3. The lowest BCUT2D eigenvalue weighted by molar-refractivity contribution is -0.136. The number of carbonyl (C=O) groups is 1. The molecule has 0 radical (unpaired) electrons. The molecule has 0 fully saturated rings. The van der Waals surface area contributed by atoms with Crippen molar-refractivity contribution in [3.63, 3.8) is 0 Å². The summed E-state index contributed by atoms with van der Waals surface area (Å²) in [7, 11) is 1.92. The number of fused-ring (bicyclic) bond motifs is 3. The standard InChI is InChI=1S/C14H14BrN3O2/c1-8-5-10(15)13-11(6-8)18-7-9(3-4-12(19)20)17(2)14(18)16-13/h5-7H,3-4H2,1-2H3,(H,19,20). The van der Waals surface area contributed by atoms with Gasteiger partial charge in [-0.1, -0.05) is 0 Å². The van der Waals surface area contributed by atoms with E-state index in [4.69, 9.17) is 5.11 Å². The van der Waals surface area contributed by atoms with E-state index in [2.05, 4.69) is 27.0 Å². The van der Waals surface area contributed by atoms with Crippen LogP contribution in [0.15, 0.2) is 22.8 Å². The minimum Gasteiger partial charge on any atom is -0.481 e. The second-order valence-electron chi connectivity index (χ2n) is 4.97.